The molecular formula is C20H24Cl2N2O3S. The number of hydrogen-bond acceptors (Lipinski definition) is 3. The van der Waals surface area contributed by atoms with Gasteiger partial charge in [-0.2, -0.15) is 0 Å². The van der Waals surface area contributed by atoms with Crippen molar-refractivity contribution in [3.8, 4) is 0 Å². The summed E-state index contributed by atoms with van der Waals surface area (Å²) in [7, 11) is -3.73. The summed E-state index contributed by atoms with van der Waals surface area (Å²) in [6.45, 7) is 5.50. The third kappa shape index (κ3) is 5.40. The number of sulfonamides is 1. The molecule has 1 amide bonds. The maximum Gasteiger partial charge on any atom is 0.244 e. The predicted octanol–water partition coefficient (Wildman–Crippen LogP) is 4.72. The van der Waals surface area contributed by atoms with Crippen molar-refractivity contribution in [1.29, 1.82) is 0 Å². The van der Waals surface area contributed by atoms with Crippen LogP contribution < -0.4 is 9.62 Å². The molecule has 0 aliphatic heterocycles. The van der Waals surface area contributed by atoms with Crippen molar-refractivity contribution < 1.29 is 13.2 Å². The van der Waals surface area contributed by atoms with Crippen molar-refractivity contribution in [3.05, 3.63) is 63.6 Å². The number of nitrogens with one attached hydrogen (secondary N) is 1. The lowest BCUT2D eigenvalue weighted by Gasteiger charge is -2.30. The molecule has 2 aromatic rings. The lowest BCUT2D eigenvalue weighted by atomic mass is 10.0. The van der Waals surface area contributed by atoms with Crippen molar-refractivity contribution in [3.63, 3.8) is 0 Å². The zero-order valence-electron chi connectivity index (χ0n) is 16.2. The molecule has 0 radical (unpaired) electrons. The Kier molecular flexibility index (Phi) is 7.37. The van der Waals surface area contributed by atoms with Crippen molar-refractivity contribution in [2.75, 3.05) is 10.6 Å². The van der Waals surface area contributed by atoms with Crippen LogP contribution in [0.25, 0.3) is 0 Å². The number of amides is 1. The lowest BCUT2D eigenvalue weighted by molar-refractivity contribution is -0.122. The van der Waals surface area contributed by atoms with E-state index in [9.17, 15) is 13.2 Å². The molecule has 0 aliphatic rings. The Bertz CT molecular complexity index is 946. The van der Waals surface area contributed by atoms with E-state index in [0.717, 1.165) is 21.7 Å². The second-order valence-electron chi connectivity index (χ2n) is 6.71. The summed E-state index contributed by atoms with van der Waals surface area (Å²) in [5, 5.41) is 3.47. The summed E-state index contributed by atoms with van der Waals surface area (Å²) < 4.78 is 25.9. The second kappa shape index (κ2) is 9.16. The van der Waals surface area contributed by atoms with Crippen LogP contribution in [0.4, 0.5) is 5.69 Å². The van der Waals surface area contributed by atoms with Crippen LogP contribution in [-0.4, -0.2) is 26.6 Å². The molecule has 2 aromatic carbocycles. The van der Waals surface area contributed by atoms with Gasteiger partial charge in [-0.3, -0.25) is 9.10 Å². The van der Waals surface area contributed by atoms with Crippen molar-refractivity contribution in [2.24, 2.45) is 0 Å². The van der Waals surface area contributed by atoms with Gasteiger partial charge in [0, 0.05) is 0 Å². The van der Waals surface area contributed by atoms with Gasteiger partial charge >= 0.3 is 0 Å². The standard InChI is InChI=1S/C20H24Cl2N2O3S/c1-5-19(15-8-6-13(2)7-9-15)23-20(25)14(3)24(28(4,26)27)16-10-11-17(21)18(22)12-16/h6-12,14,19H,5H2,1-4H3,(H,23,25)/t14-,19+/m0/s1. The molecule has 0 heterocycles. The third-order valence-electron chi connectivity index (χ3n) is 4.45. The Morgan fingerprint density at radius 2 is 1.71 bits per heavy atom. The van der Waals surface area contributed by atoms with Gasteiger partial charge in [0.05, 0.1) is 28.0 Å². The number of anilines is 1. The van der Waals surface area contributed by atoms with Crippen LogP contribution in [-0.2, 0) is 14.8 Å². The SMILES string of the molecule is CC[C@@H](NC(=O)[C@H](C)N(c1ccc(Cl)c(Cl)c1)S(C)(=O)=O)c1ccc(C)cc1. The Balaban J connectivity index is 2.30. The number of hydrogen-bond donors (Lipinski definition) is 1. The van der Waals surface area contributed by atoms with Gasteiger partial charge in [-0.25, -0.2) is 8.42 Å². The molecule has 5 nitrogen and oxygen atoms in total. The van der Waals surface area contributed by atoms with E-state index in [1.807, 2.05) is 38.1 Å². The molecule has 0 unspecified atom stereocenters. The van der Waals surface area contributed by atoms with Crippen molar-refractivity contribution in [2.45, 2.75) is 39.3 Å². The van der Waals surface area contributed by atoms with Crippen LogP contribution in [0.1, 0.15) is 37.4 Å². The molecule has 2 rings (SSSR count). The van der Waals surface area contributed by atoms with Gasteiger partial charge in [-0.05, 0) is 44.0 Å². The maximum atomic E-state index is 12.9. The van der Waals surface area contributed by atoms with Gasteiger partial charge in [0.25, 0.3) is 0 Å². The number of aryl methyl sites for hydroxylation is 1. The second-order valence-corrected chi connectivity index (χ2v) is 9.39. The van der Waals surface area contributed by atoms with E-state index in [1.165, 1.54) is 18.2 Å². The van der Waals surface area contributed by atoms with Crippen LogP contribution in [0.15, 0.2) is 42.5 Å². The minimum atomic E-state index is -3.73. The molecule has 8 heteroatoms. The fourth-order valence-electron chi connectivity index (χ4n) is 2.94. The quantitative estimate of drug-likeness (QED) is 0.673. The summed E-state index contributed by atoms with van der Waals surface area (Å²) in [6.07, 6.45) is 1.73. The monoisotopic (exact) mass is 442 g/mol. The van der Waals surface area contributed by atoms with Gasteiger partial charge in [-0.15, -0.1) is 0 Å². The minimum absolute atomic E-state index is 0.214. The molecule has 0 bridgehead atoms. The Morgan fingerprint density at radius 3 is 2.21 bits per heavy atom. The highest BCUT2D eigenvalue weighted by atomic mass is 35.5. The zero-order chi connectivity index (χ0) is 21.1. The average Bonchev–Trinajstić information content (AvgIpc) is 2.62. The third-order valence-corrected chi connectivity index (χ3v) is 6.43. The molecule has 28 heavy (non-hydrogen) atoms. The number of nitrogens with zero attached hydrogens (tertiary/aromatic N) is 1. The largest absolute Gasteiger partial charge is 0.347 e. The molecule has 1 N–H and O–H groups in total. The van der Waals surface area contributed by atoms with Gasteiger partial charge in [0.2, 0.25) is 15.9 Å². The van der Waals surface area contributed by atoms with E-state index in [0.29, 0.717) is 11.4 Å². The first-order chi connectivity index (χ1) is 13.0. The van der Waals surface area contributed by atoms with Gasteiger partial charge in [0.15, 0.2) is 0 Å². The van der Waals surface area contributed by atoms with Crippen molar-refractivity contribution in [1.82, 2.24) is 5.32 Å². The van der Waals surface area contributed by atoms with Crippen LogP contribution in [0, 0.1) is 6.92 Å². The summed E-state index contributed by atoms with van der Waals surface area (Å²) in [4.78, 5) is 12.9. The first kappa shape index (κ1) is 22.5. The van der Waals surface area contributed by atoms with Crippen LogP contribution in [0.5, 0.6) is 0 Å². The van der Waals surface area contributed by atoms with Crippen LogP contribution in [0.3, 0.4) is 0 Å². The van der Waals surface area contributed by atoms with E-state index in [-0.39, 0.29) is 16.8 Å². The normalized spacial score (nSPS) is 13.6. The predicted molar refractivity (Wildman–Crippen MR) is 116 cm³/mol. The number of benzene rings is 2. The molecule has 0 fully saturated rings. The zero-order valence-corrected chi connectivity index (χ0v) is 18.6. The van der Waals surface area contributed by atoms with E-state index in [1.54, 1.807) is 6.92 Å². The summed E-state index contributed by atoms with van der Waals surface area (Å²) in [6, 6.07) is 11.2. The van der Waals surface area contributed by atoms with Crippen LogP contribution >= 0.6 is 23.2 Å². The average molecular weight is 443 g/mol. The van der Waals surface area contributed by atoms with E-state index < -0.39 is 22.0 Å². The molecule has 0 saturated heterocycles. The summed E-state index contributed by atoms with van der Waals surface area (Å²) in [5.74, 6) is -0.399. The van der Waals surface area contributed by atoms with Gasteiger partial charge in [0.1, 0.15) is 6.04 Å². The molecule has 0 spiro atoms. The molecular weight excluding hydrogens is 419 g/mol. The molecule has 2 atom stereocenters. The topological polar surface area (TPSA) is 66.5 Å². The highest BCUT2D eigenvalue weighted by Gasteiger charge is 2.30. The van der Waals surface area contributed by atoms with Gasteiger partial charge < -0.3 is 5.32 Å². The first-order valence-electron chi connectivity index (χ1n) is 8.86. The first-order valence-corrected chi connectivity index (χ1v) is 11.5. The van der Waals surface area contributed by atoms with E-state index >= 15 is 0 Å². The smallest absolute Gasteiger partial charge is 0.244 e. The summed E-state index contributed by atoms with van der Waals surface area (Å²) in [5.41, 5.74) is 2.37. The molecule has 152 valence electrons. The van der Waals surface area contributed by atoms with Crippen molar-refractivity contribution >= 4 is 44.8 Å². The van der Waals surface area contributed by atoms with Crippen LogP contribution in [0.2, 0.25) is 10.0 Å². The minimum Gasteiger partial charge on any atom is -0.347 e. The Morgan fingerprint density at radius 1 is 1.11 bits per heavy atom. The highest BCUT2D eigenvalue weighted by Crippen LogP contribution is 2.30. The molecule has 0 saturated carbocycles. The lowest BCUT2D eigenvalue weighted by Crippen LogP contribution is -2.48. The number of carbonyl (C=O) groups excluding carboxylic acids is 1. The molecule has 0 aromatic heterocycles. The fraction of sp³-hybridized carbons (Fsp3) is 0.350. The highest BCUT2D eigenvalue weighted by molar-refractivity contribution is 7.92. The Labute approximate surface area is 176 Å². The number of halogens is 2. The van der Waals surface area contributed by atoms with E-state index in [2.05, 4.69) is 5.32 Å². The maximum absolute atomic E-state index is 12.9. The fourth-order valence-corrected chi connectivity index (χ4v) is 4.40. The van der Waals surface area contributed by atoms with Gasteiger partial charge in [-0.1, -0.05) is 60.0 Å². The number of carbonyl (C=O) groups is 1. The van der Waals surface area contributed by atoms with E-state index in [4.69, 9.17) is 23.2 Å². The Hall–Kier alpha value is -1.76. The summed E-state index contributed by atoms with van der Waals surface area (Å²) >= 11 is 12.0. The number of rotatable bonds is 7. The molecule has 0 aliphatic carbocycles.